The van der Waals surface area contributed by atoms with E-state index in [-0.39, 0.29) is 6.04 Å². The Morgan fingerprint density at radius 3 is 2.67 bits per heavy atom. The summed E-state index contributed by atoms with van der Waals surface area (Å²) in [6, 6.07) is 2.09. The molecule has 1 unspecified atom stereocenters. The lowest BCUT2D eigenvalue weighted by Crippen LogP contribution is -2.08. The van der Waals surface area contributed by atoms with E-state index < -0.39 is 0 Å². The molecule has 0 spiro atoms. The van der Waals surface area contributed by atoms with Gasteiger partial charge in [0, 0.05) is 4.88 Å². The first-order valence-electron chi connectivity index (χ1n) is 3.69. The van der Waals surface area contributed by atoms with Gasteiger partial charge in [-0.25, -0.2) is 0 Å². The number of thiophene rings is 1. The highest BCUT2D eigenvalue weighted by atomic mass is 79.9. The van der Waals surface area contributed by atoms with Gasteiger partial charge in [-0.05, 0) is 41.4 Å². The Bertz CT molecular complexity index is 284. The Balaban J connectivity index is 2.96. The first kappa shape index (κ1) is 9.96. The van der Waals surface area contributed by atoms with Crippen LogP contribution in [0.1, 0.15) is 23.4 Å². The fraction of sp³-hybridized carbons (Fsp3) is 0.333. The maximum atomic E-state index is 5.91. The molecule has 0 bridgehead atoms. The molecule has 1 heterocycles. The summed E-state index contributed by atoms with van der Waals surface area (Å²) in [7, 11) is 0. The second kappa shape index (κ2) is 3.73. The summed E-state index contributed by atoms with van der Waals surface area (Å²) in [5, 5.41) is 0. The Morgan fingerprint density at radius 1 is 1.75 bits per heavy atom. The molecule has 1 aromatic heterocycles. The number of aryl methyl sites for hydroxylation is 1. The second-order valence-electron chi connectivity index (χ2n) is 2.93. The van der Waals surface area contributed by atoms with Gasteiger partial charge in [-0.2, -0.15) is 0 Å². The molecule has 0 aliphatic rings. The van der Waals surface area contributed by atoms with Crippen molar-refractivity contribution in [3.05, 3.63) is 32.4 Å². The molecular formula is C9H12BrNS. The first-order valence-corrected chi connectivity index (χ1v) is 5.30. The molecule has 0 radical (unpaired) electrons. The van der Waals surface area contributed by atoms with Gasteiger partial charge in [0.15, 0.2) is 0 Å². The van der Waals surface area contributed by atoms with Crippen LogP contribution in [-0.2, 0) is 0 Å². The van der Waals surface area contributed by atoms with Gasteiger partial charge in [0.2, 0.25) is 0 Å². The molecule has 0 fully saturated rings. The van der Waals surface area contributed by atoms with Crippen molar-refractivity contribution in [1.29, 1.82) is 0 Å². The highest BCUT2D eigenvalue weighted by molar-refractivity contribution is 9.11. The summed E-state index contributed by atoms with van der Waals surface area (Å²) in [6.45, 7) is 7.85. The lowest BCUT2D eigenvalue weighted by molar-refractivity contribution is 0.870. The zero-order valence-electron chi connectivity index (χ0n) is 7.23. The van der Waals surface area contributed by atoms with E-state index in [4.69, 9.17) is 5.73 Å². The van der Waals surface area contributed by atoms with Crippen LogP contribution < -0.4 is 5.73 Å². The van der Waals surface area contributed by atoms with Crippen molar-refractivity contribution in [2.45, 2.75) is 19.9 Å². The minimum Gasteiger partial charge on any atom is -0.320 e. The molecular weight excluding hydrogens is 234 g/mol. The van der Waals surface area contributed by atoms with Crippen LogP contribution in [0.4, 0.5) is 0 Å². The third-order valence-electron chi connectivity index (χ3n) is 1.71. The number of nitrogens with two attached hydrogens (primary N) is 1. The molecule has 66 valence electrons. The van der Waals surface area contributed by atoms with Crippen molar-refractivity contribution < 1.29 is 0 Å². The van der Waals surface area contributed by atoms with Crippen LogP contribution in [0.25, 0.3) is 0 Å². The maximum Gasteiger partial charge on any atom is 0.0731 e. The molecule has 1 atom stereocenters. The van der Waals surface area contributed by atoms with Crippen LogP contribution in [0.15, 0.2) is 22.0 Å². The molecule has 2 N–H and O–H groups in total. The molecule has 0 aliphatic heterocycles. The highest BCUT2D eigenvalue weighted by Gasteiger charge is 2.10. The van der Waals surface area contributed by atoms with Crippen LogP contribution in [-0.4, -0.2) is 0 Å². The van der Waals surface area contributed by atoms with Crippen LogP contribution in [0.3, 0.4) is 0 Å². The third-order valence-corrected chi connectivity index (χ3v) is 3.93. The molecule has 12 heavy (non-hydrogen) atoms. The van der Waals surface area contributed by atoms with Crippen molar-refractivity contribution >= 4 is 27.3 Å². The Labute approximate surface area is 85.4 Å². The standard InChI is InChI=1S/C9H12BrNS/c1-5(2)8(11)7-4-6(3)9(10)12-7/h4,8H,1,11H2,2-3H3. The van der Waals surface area contributed by atoms with Crippen molar-refractivity contribution in [1.82, 2.24) is 0 Å². The van der Waals surface area contributed by atoms with E-state index in [1.54, 1.807) is 11.3 Å². The Morgan fingerprint density at radius 2 is 2.33 bits per heavy atom. The minimum absolute atomic E-state index is 0.0139. The van der Waals surface area contributed by atoms with Gasteiger partial charge in [-0.15, -0.1) is 11.3 Å². The summed E-state index contributed by atoms with van der Waals surface area (Å²) >= 11 is 5.15. The summed E-state index contributed by atoms with van der Waals surface area (Å²) in [4.78, 5) is 1.17. The van der Waals surface area contributed by atoms with Gasteiger partial charge in [0.1, 0.15) is 0 Å². The summed E-state index contributed by atoms with van der Waals surface area (Å²) in [5.41, 5.74) is 8.16. The minimum atomic E-state index is -0.0139. The number of hydrogen-bond donors (Lipinski definition) is 1. The van der Waals surface area contributed by atoms with Gasteiger partial charge >= 0.3 is 0 Å². The molecule has 1 nitrogen and oxygen atoms in total. The third kappa shape index (κ3) is 1.97. The summed E-state index contributed by atoms with van der Waals surface area (Å²) < 4.78 is 1.16. The highest BCUT2D eigenvalue weighted by Crippen LogP contribution is 2.32. The normalized spacial score (nSPS) is 13.0. The monoisotopic (exact) mass is 245 g/mol. The van der Waals surface area contributed by atoms with E-state index in [0.29, 0.717) is 0 Å². The quantitative estimate of drug-likeness (QED) is 0.795. The number of hydrogen-bond acceptors (Lipinski definition) is 2. The van der Waals surface area contributed by atoms with E-state index in [1.165, 1.54) is 10.4 Å². The van der Waals surface area contributed by atoms with Gasteiger partial charge in [-0.3, -0.25) is 0 Å². The fourth-order valence-electron chi connectivity index (χ4n) is 0.880. The predicted octanol–water partition coefficient (Wildman–Crippen LogP) is 3.39. The van der Waals surface area contributed by atoms with Gasteiger partial charge < -0.3 is 5.73 Å². The zero-order valence-corrected chi connectivity index (χ0v) is 9.63. The Kier molecular flexibility index (Phi) is 3.09. The van der Waals surface area contributed by atoms with Gasteiger partial charge in [-0.1, -0.05) is 12.2 Å². The molecule has 0 aliphatic carbocycles. The molecule has 0 saturated carbocycles. The van der Waals surface area contributed by atoms with Crippen molar-refractivity contribution in [2.75, 3.05) is 0 Å². The SMILES string of the molecule is C=C(C)C(N)c1cc(C)c(Br)s1. The predicted molar refractivity (Wildman–Crippen MR) is 58.5 cm³/mol. The largest absolute Gasteiger partial charge is 0.320 e. The van der Waals surface area contributed by atoms with Crippen molar-refractivity contribution in [2.24, 2.45) is 5.73 Å². The van der Waals surface area contributed by atoms with Crippen molar-refractivity contribution in [3.8, 4) is 0 Å². The van der Waals surface area contributed by atoms with E-state index in [2.05, 4.69) is 35.5 Å². The number of halogens is 1. The second-order valence-corrected chi connectivity index (χ2v) is 5.33. The smallest absolute Gasteiger partial charge is 0.0731 e. The van der Waals surface area contributed by atoms with E-state index in [1.807, 2.05) is 6.92 Å². The lowest BCUT2D eigenvalue weighted by atomic mass is 10.1. The molecule has 1 aromatic rings. The molecule has 0 amide bonds. The molecule has 1 rings (SSSR count). The van der Waals surface area contributed by atoms with E-state index in [9.17, 15) is 0 Å². The summed E-state index contributed by atoms with van der Waals surface area (Å²) in [6.07, 6.45) is 0. The fourth-order valence-corrected chi connectivity index (χ4v) is 2.55. The Hall–Kier alpha value is -0.120. The summed E-state index contributed by atoms with van der Waals surface area (Å²) in [5.74, 6) is 0. The van der Waals surface area contributed by atoms with Crippen LogP contribution in [0.2, 0.25) is 0 Å². The lowest BCUT2D eigenvalue weighted by Gasteiger charge is -2.07. The average Bonchev–Trinajstić information content (AvgIpc) is 2.30. The van der Waals surface area contributed by atoms with Crippen LogP contribution >= 0.6 is 27.3 Å². The van der Waals surface area contributed by atoms with Crippen LogP contribution in [0, 0.1) is 6.92 Å². The number of rotatable bonds is 2. The van der Waals surface area contributed by atoms with Crippen molar-refractivity contribution in [3.63, 3.8) is 0 Å². The average molecular weight is 246 g/mol. The first-order chi connectivity index (χ1) is 5.52. The van der Waals surface area contributed by atoms with E-state index >= 15 is 0 Å². The van der Waals surface area contributed by atoms with E-state index in [0.717, 1.165) is 9.36 Å². The molecule has 3 heteroatoms. The zero-order chi connectivity index (χ0) is 9.30. The molecule has 0 aromatic carbocycles. The molecule has 0 saturated heterocycles. The maximum absolute atomic E-state index is 5.91. The van der Waals surface area contributed by atoms with Gasteiger partial charge in [0.25, 0.3) is 0 Å². The van der Waals surface area contributed by atoms with Gasteiger partial charge in [0.05, 0.1) is 9.83 Å². The topological polar surface area (TPSA) is 26.0 Å². The van der Waals surface area contributed by atoms with Crippen LogP contribution in [0.5, 0.6) is 0 Å².